The third kappa shape index (κ3) is 6.54. The summed E-state index contributed by atoms with van der Waals surface area (Å²) >= 11 is 5.89. The van der Waals surface area contributed by atoms with Crippen LogP contribution in [-0.4, -0.2) is 43.4 Å². The minimum absolute atomic E-state index is 0.0662. The standard InChI is InChI=1S/C19H19ClF3N3O2/c1-26(10-16(27)24-8-7-12-3-2-4-13(20)9-12)11-17(28)25-15-6-5-14(21)18(22)19(15)23/h2-6,9H,7-8,10-11H2,1H3,(H,24,27)(H,25,28). The zero-order valence-electron chi connectivity index (χ0n) is 15.1. The molecule has 0 atom stereocenters. The molecule has 0 heterocycles. The smallest absolute Gasteiger partial charge is 0.238 e. The highest BCUT2D eigenvalue weighted by molar-refractivity contribution is 6.30. The maximum Gasteiger partial charge on any atom is 0.238 e. The van der Waals surface area contributed by atoms with Crippen molar-refractivity contribution >= 4 is 29.1 Å². The molecule has 2 amide bonds. The van der Waals surface area contributed by atoms with Crippen molar-refractivity contribution in [3.05, 3.63) is 64.4 Å². The van der Waals surface area contributed by atoms with Crippen molar-refractivity contribution in [2.24, 2.45) is 0 Å². The summed E-state index contributed by atoms with van der Waals surface area (Å²) in [7, 11) is 1.53. The lowest BCUT2D eigenvalue weighted by Gasteiger charge is -2.16. The van der Waals surface area contributed by atoms with Crippen LogP contribution in [0.15, 0.2) is 36.4 Å². The highest BCUT2D eigenvalue weighted by atomic mass is 35.5. The largest absolute Gasteiger partial charge is 0.355 e. The van der Waals surface area contributed by atoms with E-state index in [0.717, 1.165) is 11.6 Å². The number of rotatable bonds is 8. The fourth-order valence-corrected chi connectivity index (χ4v) is 2.67. The third-order valence-corrected chi connectivity index (χ3v) is 4.00. The van der Waals surface area contributed by atoms with E-state index in [0.29, 0.717) is 24.1 Å². The van der Waals surface area contributed by atoms with Crippen molar-refractivity contribution < 1.29 is 22.8 Å². The Balaban J connectivity index is 1.75. The van der Waals surface area contributed by atoms with E-state index in [1.54, 1.807) is 6.07 Å². The molecule has 9 heteroatoms. The van der Waals surface area contributed by atoms with E-state index in [4.69, 9.17) is 11.6 Å². The first kappa shape index (κ1) is 21.7. The molecule has 5 nitrogen and oxygen atoms in total. The van der Waals surface area contributed by atoms with Crippen LogP contribution in [0, 0.1) is 17.5 Å². The van der Waals surface area contributed by atoms with E-state index in [1.807, 2.05) is 18.2 Å². The molecule has 0 spiro atoms. The molecule has 150 valence electrons. The molecule has 2 aromatic rings. The number of likely N-dealkylation sites (N-methyl/N-ethyl adjacent to an activating group) is 1. The molecule has 28 heavy (non-hydrogen) atoms. The highest BCUT2D eigenvalue weighted by Crippen LogP contribution is 2.19. The number of benzene rings is 2. The average molecular weight is 414 g/mol. The number of nitrogens with one attached hydrogen (secondary N) is 2. The van der Waals surface area contributed by atoms with E-state index in [9.17, 15) is 22.8 Å². The number of hydrogen-bond donors (Lipinski definition) is 2. The van der Waals surface area contributed by atoms with Gasteiger partial charge in [0.05, 0.1) is 18.8 Å². The molecule has 0 saturated heterocycles. The molecule has 0 bridgehead atoms. The number of anilines is 1. The molecule has 0 aliphatic rings. The second kappa shape index (κ2) is 10.1. The van der Waals surface area contributed by atoms with Crippen LogP contribution >= 0.6 is 11.6 Å². The number of carbonyl (C=O) groups is 2. The van der Waals surface area contributed by atoms with E-state index in [1.165, 1.54) is 11.9 Å². The Bertz CT molecular complexity index is 864. The summed E-state index contributed by atoms with van der Waals surface area (Å²) in [6, 6.07) is 8.92. The molecule has 0 radical (unpaired) electrons. The molecule has 2 N–H and O–H groups in total. The van der Waals surface area contributed by atoms with Gasteiger partial charge >= 0.3 is 0 Å². The Morgan fingerprint density at radius 1 is 1.04 bits per heavy atom. The van der Waals surface area contributed by atoms with Gasteiger partial charge in [-0.3, -0.25) is 14.5 Å². The van der Waals surface area contributed by atoms with Crippen LogP contribution in [0.1, 0.15) is 5.56 Å². The van der Waals surface area contributed by atoms with E-state index < -0.39 is 29.0 Å². The van der Waals surface area contributed by atoms with Crippen molar-refractivity contribution in [3.63, 3.8) is 0 Å². The molecule has 0 aliphatic carbocycles. The molecular formula is C19H19ClF3N3O2. The number of carbonyl (C=O) groups excluding carboxylic acids is 2. The number of nitrogens with zero attached hydrogens (tertiary/aromatic N) is 1. The van der Waals surface area contributed by atoms with Crippen LogP contribution in [0.5, 0.6) is 0 Å². The molecule has 0 fully saturated rings. The minimum Gasteiger partial charge on any atom is -0.355 e. The lowest BCUT2D eigenvalue weighted by molar-refractivity contribution is -0.122. The van der Waals surface area contributed by atoms with E-state index >= 15 is 0 Å². The van der Waals surface area contributed by atoms with Gasteiger partial charge in [-0.2, -0.15) is 0 Å². The second-order valence-electron chi connectivity index (χ2n) is 6.17. The van der Waals surface area contributed by atoms with Gasteiger partial charge in [0.25, 0.3) is 0 Å². The maximum atomic E-state index is 13.6. The average Bonchev–Trinajstić information content (AvgIpc) is 2.62. The lowest BCUT2D eigenvalue weighted by atomic mass is 10.1. The number of hydrogen-bond acceptors (Lipinski definition) is 3. The number of halogens is 4. The van der Waals surface area contributed by atoms with Crippen molar-refractivity contribution in [2.45, 2.75) is 6.42 Å². The van der Waals surface area contributed by atoms with Gasteiger partial charge in [0.15, 0.2) is 17.5 Å². The van der Waals surface area contributed by atoms with Gasteiger partial charge in [-0.25, -0.2) is 13.2 Å². The molecule has 2 aromatic carbocycles. The van der Waals surface area contributed by atoms with Gasteiger partial charge < -0.3 is 10.6 Å². The summed E-state index contributed by atoms with van der Waals surface area (Å²) < 4.78 is 39.6. The fraction of sp³-hybridized carbons (Fsp3) is 0.263. The minimum atomic E-state index is -1.66. The van der Waals surface area contributed by atoms with Crippen LogP contribution in [0.3, 0.4) is 0 Å². The Morgan fingerprint density at radius 2 is 1.75 bits per heavy atom. The molecule has 2 rings (SSSR count). The zero-order valence-corrected chi connectivity index (χ0v) is 15.8. The lowest BCUT2D eigenvalue weighted by Crippen LogP contribution is -2.39. The summed E-state index contributed by atoms with van der Waals surface area (Å²) in [6.07, 6.45) is 0.603. The quantitative estimate of drug-likeness (QED) is 0.654. The van der Waals surface area contributed by atoms with Crippen LogP contribution < -0.4 is 10.6 Å². The van der Waals surface area contributed by atoms with Gasteiger partial charge in [-0.05, 0) is 43.3 Å². The van der Waals surface area contributed by atoms with Gasteiger partial charge in [0.2, 0.25) is 11.8 Å². The molecule has 0 unspecified atom stereocenters. The Hall–Kier alpha value is -2.58. The summed E-state index contributed by atoms with van der Waals surface area (Å²) in [6.45, 7) is 0.0999. The number of amides is 2. The molecule has 0 aromatic heterocycles. The maximum absolute atomic E-state index is 13.6. The summed E-state index contributed by atoms with van der Waals surface area (Å²) in [5.41, 5.74) is 0.511. The monoisotopic (exact) mass is 413 g/mol. The predicted molar refractivity (Wildman–Crippen MR) is 101 cm³/mol. The first-order valence-corrected chi connectivity index (χ1v) is 8.77. The SMILES string of the molecule is CN(CC(=O)NCCc1cccc(Cl)c1)CC(=O)Nc1ccc(F)c(F)c1F. The van der Waals surface area contributed by atoms with Gasteiger partial charge in [0.1, 0.15) is 0 Å². The molecule has 0 aliphatic heterocycles. The first-order chi connectivity index (χ1) is 13.3. The fourth-order valence-electron chi connectivity index (χ4n) is 2.45. The van der Waals surface area contributed by atoms with Crippen molar-refractivity contribution in [3.8, 4) is 0 Å². The Kier molecular flexibility index (Phi) is 7.83. The first-order valence-electron chi connectivity index (χ1n) is 8.39. The second-order valence-corrected chi connectivity index (χ2v) is 6.61. The van der Waals surface area contributed by atoms with E-state index in [2.05, 4.69) is 10.6 Å². The van der Waals surface area contributed by atoms with Crippen LogP contribution in [0.2, 0.25) is 5.02 Å². The normalized spacial score (nSPS) is 10.8. The van der Waals surface area contributed by atoms with Crippen molar-refractivity contribution in [2.75, 3.05) is 32.0 Å². The predicted octanol–water partition coefficient (Wildman–Crippen LogP) is 2.99. The van der Waals surface area contributed by atoms with E-state index in [-0.39, 0.29) is 19.0 Å². The van der Waals surface area contributed by atoms with Crippen LogP contribution in [0.25, 0.3) is 0 Å². The van der Waals surface area contributed by atoms with Crippen molar-refractivity contribution in [1.82, 2.24) is 10.2 Å². The molecular weight excluding hydrogens is 395 g/mol. The van der Waals surface area contributed by atoms with Crippen molar-refractivity contribution in [1.29, 1.82) is 0 Å². The Labute approximate surface area is 165 Å². The third-order valence-electron chi connectivity index (χ3n) is 3.76. The van der Waals surface area contributed by atoms with Crippen LogP contribution in [-0.2, 0) is 16.0 Å². The van der Waals surface area contributed by atoms with Gasteiger partial charge in [0, 0.05) is 11.6 Å². The summed E-state index contributed by atoms with van der Waals surface area (Å²) in [5, 5.41) is 5.48. The molecule has 0 saturated carbocycles. The summed E-state index contributed by atoms with van der Waals surface area (Å²) in [4.78, 5) is 25.2. The zero-order chi connectivity index (χ0) is 20.7. The van der Waals surface area contributed by atoms with Crippen LogP contribution in [0.4, 0.5) is 18.9 Å². The van der Waals surface area contributed by atoms with Gasteiger partial charge in [-0.1, -0.05) is 23.7 Å². The highest BCUT2D eigenvalue weighted by Gasteiger charge is 2.16. The Morgan fingerprint density at radius 3 is 2.46 bits per heavy atom. The van der Waals surface area contributed by atoms with Gasteiger partial charge in [-0.15, -0.1) is 0 Å². The summed E-state index contributed by atoms with van der Waals surface area (Å²) in [5.74, 6) is -5.45. The topological polar surface area (TPSA) is 61.4 Å².